The topological polar surface area (TPSA) is 54.2 Å². The number of nitrogens with zero attached hydrogens (tertiary/aromatic N) is 3. The van der Waals surface area contributed by atoms with E-state index < -0.39 is 0 Å². The Kier molecular flexibility index (Phi) is 7.47. The van der Waals surface area contributed by atoms with Crippen molar-refractivity contribution in [2.75, 3.05) is 7.05 Å². The van der Waals surface area contributed by atoms with Gasteiger partial charge in [0.15, 0.2) is 5.96 Å². The van der Waals surface area contributed by atoms with Crippen LogP contribution in [-0.2, 0) is 20.1 Å². The summed E-state index contributed by atoms with van der Waals surface area (Å²) in [6.07, 6.45) is 3.76. The lowest BCUT2D eigenvalue weighted by Crippen LogP contribution is -2.36. The van der Waals surface area contributed by atoms with Crippen LogP contribution >= 0.6 is 24.0 Å². The molecule has 1 heterocycles. The van der Waals surface area contributed by atoms with Crippen LogP contribution in [0, 0.1) is 19.7 Å². The first-order chi connectivity index (χ1) is 10.5. The Hall–Kier alpha value is -1.64. The van der Waals surface area contributed by atoms with E-state index in [1.807, 2.05) is 31.6 Å². The fourth-order valence-electron chi connectivity index (χ4n) is 2.29. The number of nitrogens with one attached hydrogen (secondary N) is 2. The van der Waals surface area contributed by atoms with Crippen LogP contribution in [-0.4, -0.2) is 22.8 Å². The summed E-state index contributed by atoms with van der Waals surface area (Å²) in [6, 6.07) is 3.70. The van der Waals surface area contributed by atoms with E-state index in [2.05, 4.69) is 20.7 Å². The van der Waals surface area contributed by atoms with Crippen molar-refractivity contribution in [1.82, 2.24) is 20.4 Å². The molecule has 0 saturated carbocycles. The largest absolute Gasteiger partial charge is 0.352 e. The van der Waals surface area contributed by atoms with E-state index in [-0.39, 0.29) is 29.8 Å². The minimum Gasteiger partial charge on any atom is -0.352 e. The average molecular weight is 431 g/mol. The number of hydrogen-bond donors (Lipinski definition) is 2. The van der Waals surface area contributed by atoms with Crippen molar-refractivity contribution in [2.45, 2.75) is 26.9 Å². The van der Waals surface area contributed by atoms with Crippen molar-refractivity contribution in [3.8, 4) is 0 Å². The van der Waals surface area contributed by atoms with Crippen molar-refractivity contribution in [3.63, 3.8) is 0 Å². The summed E-state index contributed by atoms with van der Waals surface area (Å²) in [5.41, 5.74) is 3.44. The quantitative estimate of drug-likeness (QED) is 0.445. The van der Waals surface area contributed by atoms with Gasteiger partial charge in [0.1, 0.15) is 5.82 Å². The van der Waals surface area contributed by atoms with Crippen LogP contribution in [0.15, 0.2) is 29.5 Å². The molecule has 23 heavy (non-hydrogen) atoms. The molecule has 2 N–H and O–H groups in total. The third-order valence-electron chi connectivity index (χ3n) is 3.40. The van der Waals surface area contributed by atoms with E-state index in [1.165, 1.54) is 0 Å². The predicted molar refractivity (Wildman–Crippen MR) is 102 cm³/mol. The highest BCUT2D eigenvalue weighted by molar-refractivity contribution is 14.0. The highest BCUT2D eigenvalue weighted by Gasteiger charge is 2.05. The van der Waals surface area contributed by atoms with Gasteiger partial charge in [0, 0.05) is 38.9 Å². The van der Waals surface area contributed by atoms with Crippen molar-refractivity contribution in [2.24, 2.45) is 12.0 Å². The van der Waals surface area contributed by atoms with Gasteiger partial charge in [-0.25, -0.2) is 4.39 Å². The van der Waals surface area contributed by atoms with Crippen molar-refractivity contribution in [1.29, 1.82) is 0 Å². The molecule has 0 aliphatic rings. The van der Waals surface area contributed by atoms with Crippen LogP contribution in [0.4, 0.5) is 4.39 Å². The van der Waals surface area contributed by atoms with Gasteiger partial charge in [0.05, 0.1) is 6.20 Å². The molecule has 0 amide bonds. The molecule has 0 aliphatic heterocycles. The van der Waals surface area contributed by atoms with Crippen LogP contribution in [0.3, 0.4) is 0 Å². The molecule has 0 unspecified atom stereocenters. The molecular formula is C16H23FIN5. The highest BCUT2D eigenvalue weighted by Crippen LogP contribution is 2.14. The lowest BCUT2D eigenvalue weighted by molar-refractivity contribution is 0.607. The number of guanidine groups is 1. The SMILES string of the molecule is CN=C(NCc1cc(C)c(F)c(C)c1)NCc1cnn(C)c1.I. The molecule has 1 aromatic carbocycles. The second-order valence-corrected chi connectivity index (χ2v) is 5.35. The van der Waals surface area contributed by atoms with Crippen LogP contribution in [0.2, 0.25) is 0 Å². The molecule has 0 fully saturated rings. The molecule has 0 atom stereocenters. The molecule has 0 radical (unpaired) electrons. The zero-order valence-electron chi connectivity index (χ0n) is 13.9. The lowest BCUT2D eigenvalue weighted by Gasteiger charge is -2.12. The standard InChI is InChI=1S/C16H22FN5.HI/c1-11-5-13(6-12(2)15(11)17)7-19-16(18-3)20-8-14-9-21-22(4)10-14;/h5-6,9-10H,7-8H2,1-4H3,(H2,18,19,20);1H. The Bertz CT molecular complexity index is 658. The summed E-state index contributed by atoms with van der Waals surface area (Å²) in [5, 5.41) is 10.6. The van der Waals surface area contributed by atoms with Crippen molar-refractivity contribution >= 4 is 29.9 Å². The summed E-state index contributed by atoms with van der Waals surface area (Å²) in [5.74, 6) is 0.561. The molecule has 0 bridgehead atoms. The maximum atomic E-state index is 13.6. The average Bonchev–Trinajstić information content (AvgIpc) is 2.90. The van der Waals surface area contributed by atoms with Crippen molar-refractivity contribution < 1.29 is 4.39 Å². The molecule has 0 saturated heterocycles. The Morgan fingerprint density at radius 1 is 1.17 bits per heavy atom. The van der Waals surface area contributed by atoms with E-state index in [1.54, 1.807) is 25.6 Å². The molecule has 126 valence electrons. The molecule has 0 aliphatic carbocycles. The van der Waals surface area contributed by atoms with Crippen LogP contribution in [0.25, 0.3) is 0 Å². The zero-order valence-corrected chi connectivity index (χ0v) is 16.2. The maximum absolute atomic E-state index is 13.6. The Morgan fingerprint density at radius 2 is 1.74 bits per heavy atom. The number of rotatable bonds is 4. The van der Waals surface area contributed by atoms with Gasteiger partial charge in [0.25, 0.3) is 0 Å². The number of halogens is 2. The summed E-state index contributed by atoms with van der Waals surface area (Å²) in [7, 11) is 3.61. The number of aliphatic imine (C=N–C) groups is 1. The van der Waals surface area contributed by atoms with Gasteiger partial charge >= 0.3 is 0 Å². The number of hydrogen-bond acceptors (Lipinski definition) is 2. The Balaban J connectivity index is 0.00000264. The molecule has 2 rings (SSSR count). The second kappa shape index (κ2) is 8.85. The lowest BCUT2D eigenvalue weighted by atomic mass is 10.1. The minimum absolute atomic E-state index is 0. The van der Waals surface area contributed by atoms with Gasteiger partial charge in [-0.1, -0.05) is 12.1 Å². The first kappa shape index (κ1) is 19.4. The molecule has 0 spiro atoms. The van der Waals surface area contributed by atoms with E-state index >= 15 is 0 Å². The normalized spacial score (nSPS) is 11.1. The van der Waals surface area contributed by atoms with Gasteiger partial charge < -0.3 is 10.6 Å². The van der Waals surface area contributed by atoms with Crippen molar-refractivity contribution in [3.05, 3.63) is 52.6 Å². The third kappa shape index (κ3) is 5.49. The number of aryl methyl sites for hydroxylation is 3. The molecule has 5 nitrogen and oxygen atoms in total. The fourth-order valence-corrected chi connectivity index (χ4v) is 2.29. The first-order valence-corrected chi connectivity index (χ1v) is 7.17. The van der Waals surface area contributed by atoms with Crippen LogP contribution < -0.4 is 10.6 Å². The molecular weight excluding hydrogens is 408 g/mol. The van der Waals surface area contributed by atoms with Crippen LogP contribution in [0.1, 0.15) is 22.3 Å². The Labute approximate surface area is 153 Å². The maximum Gasteiger partial charge on any atom is 0.191 e. The smallest absolute Gasteiger partial charge is 0.191 e. The van der Waals surface area contributed by atoms with Crippen LogP contribution in [0.5, 0.6) is 0 Å². The minimum atomic E-state index is -0.136. The van der Waals surface area contributed by atoms with E-state index in [9.17, 15) is 4.39 Å². The first-order valence-electron chi connectivity index (χ1n) is 7.17. The monoisotopic (exact) mass is 431 g/mol. The van der Waals surface area contributed by atoms with E-state index in [0.29, 0.717) is 30.2 Å². The van der Waals surface area contributed by atoms with Gasteiger partial charge in [0.2, 0.25) is 0 Å². The highest BCUT2D eigenvalue weighted by atomic mass is 127. The number of benzene rings is 1. The predicted octanol–water partition coefficient (Wildman–Crippen LogP) is 2.66. The molecule has 7 heteroatoms. The fraction of sp³-hybridized carbons (Fsp3) is 0.375. The van der Waals surface area contributed by atoms with Gasteiger partial charge in [-0.15, -0.1) is 24.0 Å². The van der Waals surface area contributed by atoms with Gasteiger partial charge in [-0.05, 0) is 30.5 Å². The summed E-state index contributed by atoms with van der Waals surface area (Å²) >= 11 is 0. The summed E-state index contributed by atoms with van der Waals surface area (Å²) in [4.78, 5) is 4.18. The van der Waals surface area contributed by atoms with Gasteiger partial charge in [-0.2, -0.15) is 5.10 Å². The molecule has 1 aromatic heterocycles. The Morgan fingerprint density at radius 3 is 2.22 bits per heavy atom. The zero-order chi connectivity index (χ0) is 16.1. The van der Waals surface area contributed by atoms with Gasteiger partial charge in [-0.3, -0.25) is 9.67 Å². The second-order valence-electron chi connectivity index (χ2n) is 5.35. The summed E-state index contributed by atoms with van der Waals surface area (Å²) < 4.78 is 15.4. The van der Waals surface area contributed by atoms with E-state index in [0.717, 1.165) is 11.1 Å². The third-order valence-corrected chi connectivity index (χ3v) is 3.40. The summed E-state index contributed by atoms with van der Waals surface area (Å²) in [6.45, 7) is 4.80. The van der Waals surface area contributed by atoms with E-state index in [4.69, 9.17) is 0 Å². The number of aromatic nitrogens is 2. The molecule has 2 aromatic rings.